The average molecular weight is 349 g/mol. The second-order valence-corrected chi connectivity index (χ2v) is 5.93. The van der Waals surface area contributed by atoms with Gasteiger partial charge in [0.05, 0.1) is 16.4 Å². The highest BCUT2D eigenvalue weighted by Gasteiger charge is 2.25. The summed E-state index contributed by atoms with van der Waals surface area (Å²) in [5.41, 5.74) is 2.37. The molecule has 21 heavy (non-hydrogen) atoms. The second kappa shape index (κ2) is 5.66. The van der Waals surface area contributed by atoms with Crippen LogP contribution in [0.3, 0.4) is 0 Å². The van der Waals surface area contributed by atoms with Crippen LogP contribution in [0.2, 0.25) is 0 Å². The van der Waals surface area contributed by atoms with Gasteiger partial charge in [-0.05, 0) is 35.3 Å². The van der Waals surface area contributed by atoms with Gasteiger partial charge in [-0.3, -0.25) is 4.68 Å². The van der Waals surface area contributed by atoms with E-state index in [1.165, 1.54) is 0 Å². The Morgan fingerprint density at radius 2 is 2.14 bits per heavy atom. The van der Waals surface area contributed by atoms with Crippen molar-refractivity contribution in [1.82, 2.24) is 9.78 Å². The zero-order chi connectivity index (χ0) is 15.0. The molecule has 1 unspecified atom stereocenters. The molecule has 0 spiro atoms. The van der Waals surface area contributed by atoms with Crippen molar-refractivity contribution in [3.05, 3.63) is 52.0 Å². The lowest BCUT2D eigenvalue weighted by Crippen LogP contribution is -2.11. The minimum absolute atomic E-state index is 0.736. The van der Waals surface area contributed by atoms with E-state index < -0.39 is 6.10 Å². The van der Waals surface area contributed by atoms with Gasteiger partial charge < -0.3 is 9.52 Å². The summed E-state index contributed by atoms with van der Waals surface area (Å²) in [5.74, 6) is 0.736. The largest absolute Gasteiger partial charge is 0.461 e. The number of fused-ring (bicyclic) bond motifs is 1. The van der Waals surface area contributed by atoms with E-state index in [0.29, 0.717) is 0 Å². The van der Waals surface area contributed by atoms with E-state index in [1.54, 1.807) is 6.20 Å². The zero-order valence-electron chi connectivity index (χ0n) is 12.0. The standard InChI is InChI=1S/C16H17BrN2O2/c1-3-8-19-15(12(17)9-18-19)16(20)14-10(2)21-13-7-5-4-6-11(13)14/h4-7,9,16,20H,3,8H2,1-2H3. The van der Waals surface area contributed by atoms with Gasteiger partial charge in [0.2, 0.25) is 0 Å². The number of aliphatic hydroxyl groups is 1. The highest BCUT2D eigenvalue weighted by atomic mass is 79.9. The van der Waals surface area contributed by atoms with Gasteiger partial charge in [-0.1, -0.05) is 25.1 Å². The molecular formula is C16H17BrN2O2. The number of aryl methyl sites for hydroxylation is 2. The van der Waals surface area contributed by atoms with Crippen LogP contribution in [0.5, 0.6) is 0 Å². The highest BCUT2D eigenvalue weighted by Crippen LogP contribution is 2.36. The first-order valence-electron chi connectivity index (χ1n) is 7.00. The molecule has 5 heteroatoms. The molecule has 110 valence electrons. The molecule has 2 heterocycles. The Morgan fingerprint density at radius 3 is 2.90 bits per heavy atom. The molecule has 0 bridgehead atoms. The topological polar surface area (TPSA) is 51.2 Å². The molecule has 3 rings (SSSR count). The molecule has 2 aromatic heterocycles. The van der Waals surface area contributed by atoms with Crippen molar-refractivity contribution >= 4 is 26.9 Å². The third-order valence-corrected chi connectivity index (χ3v) is 4.23. The fourth-order valence-electron chi connectivity index (χ4n) is 2.70. The number of rotatable bonds is 4. The summed E-state index contributed by atoms with van der Waals surface area (Å²) >= 11 is 3.49. The highest BCUT2D eigenvalue weighted by molar-refractivity contribution is 9.10. The Labute approximate surface area is 131 Å². The van der Waals surface area contributed by atoms with Crippen LogP contribution in [-0.4, -0.2) is 14.9 Å². The van der Waals surface area contributed by atoms with Crippen molar-refractivity contribution in [3.8, 4) is 0 Å². The van der Waals surface area contributed by atoms with Crippen molar-refractivity contribution in [2.75, 3.05) is 0 Å². The third-order valence-electron chi connectivity index (χ3n) is 3.62. The molecule has 1 aromatic carbocycles. The van der Waals surface area contributed by atoms with E-state index in [9.17, 15) is 5.11 Å². The molecule has 0 aliphatic heterocycles. The minimum atomic E-state index is -0.767. The van der Waals surface area contributed by atoms with Crippen LogP contribution < -0.4 is 0 Å². The Balaban J connectivity index is 2.15. The Kier molecular flexibility index (Phi) is 3.87. The van der Waals surface area contributed by atoms with Crippen molar-refractivity contribution in [3.63, 3.8) is 0 Å². The van der Waals surface area contributed by atoms with E-state index in [2.05, 4.69) is 28.0 Å². The lowest BCUT2D eigenvalue weighted by molar-refractivity contribution is 0.205. The number of aromatic nitrogens is 2. The Bertz CT molecular complexity index is 776. The average Bonchev–Trinajstić information content (AvgIpc) is 2.98. The number of halogens is 1. The molecule has 4 nitrogen and oxygen atoms in total. The van der Waals surface area contributed by atoms with E-state index in [1.807, 2.05) is 35.9 Å². The molecule has 3 aromatic rings. The fraction of sp³-hybridized carbons (Fsp3) is 0.312. The minimum Gasteiger partial charge on any atom is -0.461 e. The summed E-state index contributed by atoms with van der Waals surface area (Å²) in [4.78, 5) is 0. The summed E-state index contributed by atoms with van der Waals surface area (Å²) in [6.45, 7) is 4.74. The van der Waals surface area contributed by atoms with Crippen molar-refractivity contribution < 1.29 is 9.52 Å². The van der Waals surface area contributed by atoms with Gasteiger partial charge >= 0.3 is 0 Å². The molecule has 1 atom stereocenters. The van der Waals surface area contributed by atoms with E-state index in [4.69, 9.17) is 4.42 Å². The Hall–Kier alpha value is -1.59. The summed E-state index contributed by atoms with van der Waals surface area (Å²) in [7, 11) is 0. The first-order chi connectivity index (χ1) is 10.1. The number of nitrogens with zero attached hydrogens (tertiary/aromatic N) is 2. The summed E-state index contributed by atoms with van der Waals surface area (Å²) in [5, 5.41) is 16.2. The molecule has 0 aliphatic carbocycles. The predicted molar refractivity (Wildman–Crippen MR) is 85.2 cm³/mol. The Morgan fingerprint density at radius 1 is 1.38 bits per heavy atom. The summed E-state index contributed by atoms with van der Waals surface area (Å²) < 4.78 is 8.41. The maximum Gasteiger partial charge on any atom is 0.134 e. The van der Waals surface area contributed by atoms with E-state index >= 15 is 0 Å². The molecular weight excluding hydrogens is 332 g/mol. The van der Waals surface area contributed by atoms with Crippen molar-refractivity contribution in [1.29, 1.82) is 0 Å². The molecule has 0 amide bonds. The third kappa shape index (κ3) is 2.40. The summed E-state index contributed by atoms with van der Waals surface area (Å²) in [6.07, 6.45) is 1.92. The van der Waals surface area contributed by atoms with Crippen LogP contribution in [0.25, 0.3) is 11.0 Å². The van der Waals surface area contributed by atoms with Gasteiger partial charge in [-0.25, -0.2) is 0 Å². The lowest BCUT2D eigenvalue weighted by atomic mass is 10.0. The maximum absolute atomic E-state index is 10.9. The lowest BCUT2D eigenvalue weighted by Gasteiger charge is -2.14. The number of hydrogen-bond donors (Lipinski definition) is 1. The van der Waals surface area contributed by atoms with Crippen LogP contribution in [0.4, 0.5) is 0 Å². The van der Waals surface area contributed by atoms with Gasteiger partial charge in [0.25, 0.3) is 0 Å². The monoisotopic (exact) mass is 348 g/mol. The molecule has 0 aliphatic rings. The van der Waals surface area contributed by atoms with Gasteiger partial charge in [0.15, 0.2) is 0 Å². The van der Waals surface area contributed by atoms with Crippen LogP contribution in [0.15, 0.2) is 39.4 Å². The smallest absolute Gasteiger partial charge is 0.134 e. The fourth-order valence-corrected chi connectivity index (χ4v) is 3.21. The SMILES string of the molecule is CCCn1ncc(Br)c1C(O)c1c(C)oc2ccccc12. The second-order valence-electron chi connectivity index (χ2n) is 5.07. The molecule has 0 radical (unpaired) electrons. The summed E-state index contributed by atoms with van der Waals surface area (Å²) in [6, 6.07) is 7.76. The normalized spacial score (nSPS) is 13.0. The number of hydrogen-bond acceptors (Lipinski definition) is 3. The molecule has 1 N–H and O–H groups in total. The van der Waals surface area contributed by atoms with Gasteiger partial charge in [0, 0.05) is 17.5 Å². The number of para-hydroxylation sites is 1. The van der Waals surface area contributed by atoms with Crippen LogP contribution >= 0.6 is 15.9 Å². The van der Waals surface area contributed by atoms with E-state index in [-0.39, 0.29) is 0 Å². The van der Waals surface area contributed by atoms with Crippen LogP contribution in [-0.2, 0) is 6.54 Å². The van der Waals surface area contributed by atoms with Gasteiger partial charge in [-0.2, -0.15) is 5.10 Å². The van der Waals surface area contributed by atoms with Crippen molar-refractivity contribution in [2.45, 2.75) is 32.9 Å². The molecule has 0 saturated heterocycles. The van der Waals surface area contributed by atoms with Crippen LogP contribution in [0.1, 0.15) is 36.5 Å². The first-order valence-corrected chi connectivity index (χ1v) is 7.80. The molecule has 0 fully saturated rings. The van der Waals surface area contributed by atoms with E-state index in [0.717, 1.165) is 45.4 Å². The maximum atomic E-state index is 10.9. The van der Waals surface area contributed by atoms with Gasteiger partial charge in [-0.15, -0.1) is 0 Å². The quantitative estimate of drug-likeness (QED) is 0.768. The predicted octanol–water partition coefficient (Wildman–Crippen LogP) is 4.19. The first kappa shape index (κ1) is 14.4. The number of aliphatic hydroxyl groups excluding tert-OH is 1. The van der Waals surface area contributed by atoms with Crippen molar-refractivity contribution in [2.24, 2.45) is 0 Å². The zero-order valence-corrected chi connectivity index (χ0v) is 13.6. The van der Waals surface area contributed by atoms with Gasteiger partial charge in [0.1, 0.15) is 17.4 Å². The number of benzene rings is 1. The number of furan rings is 1. The van der Waals surface area contributed by atoms with Crippen LogP contribution in [0, 0.1) is 6.92 Å². The molecule has 0 saturated carbocycles.